The van der Waals surface area contributed by atoms with Crippen LogP contribution in [0.3, 0.4) is 0 Å². The molecule has 0 unspecified atom stereocenters. The van der Waals surface area contributed by atoms with Gasteiger partial charge in [-0.3, -0.25) is 10.1 Å². The molecule has 0 aliphatic carbocycles. The number of anilines is 1. The van der Waals surface area contributed by atoms with Gasteiger partial charge in [0.15, 0.2) is 0 Å². The van der Waals surface area contributed by atoms with Crippen LogP contribution in [0.15, 0.2) is 34.1 Å². The van der Waals surface area contributed by atoms with Crippen LogP contribution in [0.25, 0.3) is 0 Å². The Morgan fingerprint density at radius 1 is 1.56 bits per heavy atom. The first kappa shape index (κ1) is 12.8. The van der Waals surface area contributed by atoms with E-state index >= 15 is 0 Å². The largest absolute Gasteiger partial charge is 0.388 e. The highest BCUT2D eigenvalue weighted by Gasteiger charge is 2.10. The van der Waals surface area contributed by atoms with Gasteiger partial charge in [0.05, 0.1) is 4.92 Å². The number of aromatic nitrogens is 1. The number of rotatable bonds is 5. The molecular formula is C11H11N3O2S2. The van der Waals surface area contributed by atoms with Gasteiger partial charge in [-0.05, 0) is 11.6 Å². The van der Waals surface area contributed by atoms with E-state index in [9.17, 15) is 10.1 Å². The molecule has 0 aliphatic rings. The van der Waals surface area contributed by atoms with Crippen molar-refractivity contribution < 1.29 is 4.92 Å². The van der Waals surface area contributed by atoms with Crippen LogP contribution in [0.1, 0.15) is 5.56 Å². The van der Waals surface area contributed by atoms with Gasteiger partial charge in [0.2, 0.25) is 0 Å². The zero-order chi connectivity index (χ0) is 13.0. The molecule has 1 aromatic heterocycles. The second-order valence-corrected chi connectivity index (χ2v) is 5.55. The standard InChI is InChI=1S/C11H11N3O2S2/c1-12-10-3-2-9(14(15)16)6-8(10)7-18-11-13-4-5-17-11/h2-6,12H,7H2,1H3. The number of nitrogens with zero attached hydrogens (tertiary/aromatic N) is 2. The average Bonchev–Trinajstić information content (AvgIpc) is 2.89. The molecule has 2 rings (SSSR count). The van der Waals surface area contributed by atoms with Crippen molar-refractivity contribution >= 4 is 34.5 Å². The van der Waals surface area contributed by atoms with Crippen molar-refractivity contribution in [1.82, 2.24) is 4.98 Å². The van der Waals surface area contributed by atoms with Crippen LogP contribution in [0.4, 0.5) is 11.4 Å². The lowest BCUT2D eigenvalue weighted by atomic mass is 10.2. The van der Waals surface area contributed by atoms with E-state index in [0.717, 1.165) is 15.6 Å². The minimum atomic E-state index is -0.378. The van der Waals surface area contributed by atoms with Gasteiger partial charge in [-0.15, -0.1) is 11.3 Å². The zero-order valence-electron chi connectivity index (χ0n) is 9.62. The van der Waals surface area contributed by atoms with E-state index in [1.54, 1.807) is 48.5 Å². The molecule has 0 saturated carbocycles. The van der Waals surface area contributed by atoms with Crippen LogP contribution in [-0.2, 0) is 5.75 Å². The highest BCUT2D eigenvalue weighted by molar-refractivity contribution is 8.00. The van der Waals surface area contributed by atoms with Crippen LogP contribution < -0.4 is 5.32 Å². The summed E-state index contributed by atoms with van der Waals surface area (Å²) >= 11 is 3.14. The van der Waals surface area contributed by atoms with Gasteiger partial charge in [0.1, 0.15) is 4.34 Å². The third-order valence-corrected chi connectivity index (χ3v) is 4.34. The van der Waals surface area contributed by atoms with Crippen LogP contribution in [-0.4, -0.2) is 17.0 Å². The summed E-state index contributed by atoms with van der Waals surface area (Å²) in [6, 6.07) is 4.84. The summed E-state index contributed by atoms with van der Waals surface area (Å²) in [7, 11) is 1.80. The van der Waals surface area contributed by atoms with Gasteiger partial charge in [-0.2, -0.15) is 0 Å². The molecule has 0 bridgehead atoms. The quantitative estimate of drug-likeness (QED) is 0.517. The fourth-order valence-corrected chi connectivity index (χ4v) is 3.11. The molecule has 1 N–H and O–H groups in total. The molecule has 94 valence electrons. The number of benzene rings is 1. The SMILES string of the molecule is CNc1ccc([N+](=O)[O-])cc1CSc1nccs1. The first-order chi connectivity index (χ1) is 8.70. The Balaban J connectivity index is 2.18. The Morgan fingerprint density at radius 2 is 2.39 bits per heavy atom. The summed E-state index contributed by atoms with van der Waals surface area (Å²) in [6.45, 7) is 0. The molecule has 1 aromatic carbocycles. The van der Waals surface area contributed by atoms with E-state index in [0.29, 0.717) is 5.75 Å². The molecule has 7 heteroatoms. The van der Waals surface area contributed by atoms with Crippen molar-refractivity contribution in [3.63, 3.8) is 0 Å². The zero-order valence-corrected chi connectivity index (χ0v) is 11.3. The molecule has 0 radical (unpaired) electrons. The lowest BCUT2D eigenvalue weighted by Crippen LogP contribution is -1.96. The van der Waals surface area contributed by atoms with Gasteiger partial charge < -0.3 is 5.32 Å². The van der Waals surface area contributed by atoms with Crippen molar-refractivity contribution in [2.24, 2.45) is 0 Å². The summed E-state index contributed by atoms with van der Waals surface area (Å²) in [6.07, 6.45) is 1.75. The number of nitrogens with one attached hydrogen (secondary N) is 1. The Bertz CT molecular complexity index is 543. The molecule has 0 fully saturated rings. The highest BCUT2D eigenvalue weighted by atomic mass is 32.2. The monoisotopic (exact) mass is 281 g/mol. The fraction of sp³-hybridized carbons (Fsp3) is 0.182. The fourth-order valence-electron chi connectivity index (χ4n) is 1.48. The number of nitro groups is 1. The first-order valence-corrected chi connectivity index (χ1v) is 7.04. The molecule has 1 heterocycles. The minimum Gasteiger partial charge on any atom is -0.388 e. The number of thiazole rings is 1. The van der Waals surface area contributed by atoms with Crippen molar-refractivity contribution in [1.29, 1.82) is 0 Å². The van der Waals surface area contributed by atoms with Gasteiger partial charge in [-0.25, -0.2) is 4.98 Å². The van der Waals surface area contributed by atoms with Crippen molar-refractivity contribution in [3.8, 4) is 0 Å². The molecule has 0 aliphatic heterocycles. The van der Waals surface area contributed by atoms with Crippen molar-refractivity contribution in [2.75, 3.05) is 12.4 Å². The number of hydrogen-bond acceptors (Lipinski definition) is 6. The molecule has 5 nitrogen and oxygen atoms in total. The Morgan fingerprint density at radius 3 is 3.00 bits per heavy atom. The summed E-state index contributed by atoms with van der Waals surface area (Å²) in [4.78, 5) is 14.5. The van der Waals surface area contributed by atoms with Crippen molar-refractivity contribution in [2.45, 2.75) is 10.1 Å². The molecule has 0 spiro atoms. The topological polar surface area (TPSA) is 68.1 Å². The lowest BCUT2D eigenvalue weighted by Gasteiger charge is -2.07. The summed E-state index contributed by atoms with van der Waals surface area (Å²) in [5, 5.41) is 15.7. The molecule has 0 atom stereocenters. The maximum Gasteiger partial charge on any atom is 0.269 e. The third kappa shape index (κ3) is 2.99. The second-order valence-electron chi connectivity index (χ2n) is 3.44. The second kappa shape index (κ2) is 5.83. The summed E-state index contributed by atoms with van der Waals surface area (Å²) in [5.41, 5.74) is 1.93. The highest BCUT2D eigenvalue weighted by Crippen LogP contribution is 2.30. The predicted octanol–water partition coefficient (Wildman–Crippen LogP) is 3.39. The van der Waals surface area contributed by atoms with E-state index in [4.69, 9.17) is 0 Å². The Labute approximate surface area is 112 Å². The van der Waals surface area contributed by atoms with Gasteiger partial charge in [0.25, 0.3) is 5.69 Å². The Kier molecular flexibility index (Phi) is 4.16. The normalized spacial score (nSPS) is 10.3. The van der Waals surface area contributed by atoms with Crippen LogP contribution in [0, 0.1) is 10.1 Å². The maximum atomic E-state index is 10.8. The van der Waals surface area contributed by atoms with E-state index in [1.807, 2.05) is 5.38 Å². The van der Waals surface area contributed by atoms with E-state index in [2.05, 4.69) is 10.3 Å². The molecule has 0 saturated heterocycles. The average molecular weight is 281 g/mol. The van der Waals surface area contributed by atoms with E-state index in [1.165, 1.54) is 6.07 Å². The number of thioether (sulfide) groups is 1. The Hall–Kier alpha value is -1.60. The van der Waals surface area contributed by atoms with Gasteiger partial charge in [-0.1, -0.05) is 11.8 Å². The van der Waals surface area contributed by atoms with Crippen LogP contribution in [0.5, 0.6) is 0 Å². The minimum absolute atomic E-state index is 0.115. The van der Waals surface area contributed by atoms with Gasteiger partial charge >= 0.3 is 0 Å². The molecule has 0 amide bonds. The maximum absolute atomic E-state index is 10.8. The van der Waals surface area contributed by atoms with Crippen LogP contribution >= 0.6 is 23.1 Å². The smallest absolute Gasteiger partial charge is 0.269 e. The van der Waals surface area contributed by atoms with Crippen LogP contribution in [0.2, 0.25) is 0 Å². The lowest BCUT2D eigenvalue weighted by molar-refractivity contribution is -0.384. The third-order valence-electron chi connectivity index (χ3n) is 2.33. The number of nitro benzene ring substituents is 1. The van der Waals surface area contributed by atoms with E-state index in [-0.39, 0.29) is 10.6 Å². The first-order valence-electron chi connectivity index (χ1n) is 5.18. The van der Waals surface area contributed by atoms with Gasteiger partial charge in [0, 0.05) is 42.2 Å². The summed E-state index contributed by atoms with van der Waals surface area (Å²) < 4.78 is 0.962. The molecule has 18 heavy (non-hydrogen) atoms. The number of non-ortho nitro benzene ring substituents is 1. The molecule has 2 aromatic rings. The molecular weight excluding hydrogens is 270 g/mol. The predicted molar refractivity (Wildman–Crippen MR) is 74.3 cm³/mol. The summed E-state index contributed by atoms with van der Waals surface area (Å²) in [5.74, 6) is 0.658. The van der Waals surface area contributed by atoms with E-state index < -0.39 is 0 Å². The van der Waals surface area contributed by atoms with Crippen molar-refractivity contribution in [3.05, 3.63) is 45.5 Å². The number of hydrogen-bond donors (Lipinski definition) is 1.